The number of anilines is 1. The van der Waals surface area contributed by atoms with Gasteiger partial charge in [-0.1, -0.05) is 49.6 Å². The zero-order valence-electron chi connectivity index (χ0n) is 16.9. The third-order valence-corrected chi connectivity index (χ3v) is 7.98. The third kappa shape index (κ3) is 4.41. The molecule has 0 radical (unpaired) electrons. The standard InChI is InChI=1S/C24H26N2OS2/c1-15(13-16(2)27)20-14-19(18-9-4-3-5-10-18)21-22(25)24(29-23(21)26-20)28-12-11-17-7-6-8-17/h3-5,9-10,13-14,17H,6-8,11-12,25H2,1-2H3/b15-13+. The molecular weight excluding hydrogens is 396 g/mol. The SMILES string of the molecule is CC(=O)/C=C(\C)c1cc(-c2ccccc2)c2c(N)c(SCCC3CCC3)sc2n1. The van der Waals surface area contributed by atoms with Crippen LogP contribution in [0.15, 0.2) is 46.7 Å². The number of hydrogen-bond acceptors (Lipinski definition) is 5. The summed E-state index contributed by atoms with van der Waals surface area (Å²) < 4.78 is 1.16. The number of allylic oxidation sites excluding steroid dienone is 2. The predicted octanol–water partition coefficient (Wildman–Crippen LogP) is 6.82. The van der Waals surface area contributed by atoms with Crippen LogP contribution in [0.5, 0.6) is 0 Å². The minimum Gasteiger partial charge on any atom is -0.397 e. The number of nitrogen functional groups attached to an aromatic ring is 1. The molecule has 0 saturated heterocycles. The van der Waals surface area contributed by atoms with Crippen molar-refractivity contribution in [3.63, 3.8) is 0 Å². The summed E-state index contributed by atoms with van der Waals surface area (Å²) in [5, 5.41) is 1.03. The molecule has 1 saturated carbocycles. The summed E-state index contributed by atoms with van der Waals surface area (Å²) in [7, 11) is 0. The quantitative estimate of drug-likeness (QED) is 0.335. The lowest BCUT2D eigenvalue weighted by molar-refractivity contribution is -0.112. The van der Waals surface area contributed by atoms with E-state index in [1.165, 1.54) is 25.7 Å². The second kappa shape index (κ2) is 8.72. The van der Waals surface area contributed by atoms with Crippen molar-refractivity contribution in [2.24, 2.45) is 5.92 Å². The van der Waals surface area contributed by atoms with Crippen LogP contribution in [-0.4, -0.2) is 16.5 Å². The van der Waals surface area contributed by atoms with Crippen molar-refractivity contribution in [3.05, 3.63) is 48.2 Å². The highest BCUT2D eigenvalue weighted by atomic mass is 32.2. The number of carbonyl (C=O) groups excluding carboxylic acids is 1. The fourth-order valence-corrected chi connectivity index (χ4v) is 6.20. The van der Waals surface area contributed by atoms with Crippen molar-refractivity contribution in [2.45, 2.75) is 43.7 Å². The highest BCUT2D eigenvalue weighted by molar-refractivity contribution is 8.01. The molecule has 2 heterocycles. The van der Waals surface area contributed by atoms with E-state index >= 15 is 0 Å². The number of carbonyl (C=O) groups is 1. The van der Waals surface area contributed by atoms with Crippen molar-refractivity contribution in [2.75, 3.05) is 11.5 Å². The molecule has 3 nitrogen and oxygen atoms in total. The molecule has 0 unspecified atom stereocenters. The third-order valence-electron chi connectivity index (χ3n) is 5.56. The van der Waals surface area contributed by atoms with Gasteiger partial charge < -0.3 is 5.73 Å². The Morgan fingerprint density at radius 2 is 2.03 bits per heavy atom. The Kier molecular flexibility index (Phi) is 6.07. The fraction of sp³-hybridized carbons (Fsp3) is 0.333. The van der Waals surface area contributed by atoms with E-state index in [9.17, 15) is 4.79 Å². The topological polar surface area (TPSA) is 56.0 Å². The molecule has 0 aliphatic heterocycles. The zero-order valence-corrected chi connectivity index (χ0v) is 18.5. The molecule has 0 spiro atoms. The number of pyridine rings is 1. The van der Waals surface area contributed by atoms with Gasteiger partial charge in [0.05, 0.1) is 15.6 Å². The molecule has 1 aliphatic rings. The summed E-state index contributed by atoms with van der Waals surface area (Å²) in [6.07, 6.45) is 7.07. The molecule has 2 N–H and O–H groups in total. The van der Waals surface area contributed by atoms with Crippen molar-refractivity contribution in [1.82, 2.24) is 4.98 Å². The number of thiophene rings is 1. The largest absolute Gasteiger partial charge is 0.397 e. The van der Waals surface area contributed by atoms with Crippen LogP contribution in [0.4, 0.5) is 5.69 Å². The summed E-state index contributed by atoms with van der Waals surface area (Å²) in [6, 6.07) is 12.4. The first-order valence-corrected chi connectivity index (χ1v) is 11.9. The van der Waals surface area contributed by atoms with E-state index in [1.807, 2.05) is 36.9 Å². The predicted molar refractivity (Wildman–Crippen MR) is 126 cm³/mol. The minimum atomic E-state index is 0.0311. The number of fused-ring (bicyclic) bond motifs is 1. The van der Waals surface area contributed by atoms with Crippen LogP contribution in [0.3, 0.4) is 0 Å². The average molecular weight is 423 g/mol. The van der Waals surface area contributed by atoms with Crippen LogP contribution in [0.25, 0.3) is 26.9 Å². The van der Waals surface area contributed by atoms with E-state index in [-0.39, 0.29) is 5.78 Å². The molecule has 0 amide bonds. The van der Waals surface area contributed by atoms with E-state index in [0.717, 1.165) is 54.2 Å². The van der Waals surface area contributed by atoms with Crippen LogP contribution in [-0.2, 0) is 4.79 Å². The lowest BCUT2D eigenvalue weighted by Crippen LogP contribution is -2.11. The van der Waals surface area contributed by atoms with Crippen molar-refractivity contribution in [1.29, 1.82) is 0 Å². The highest BCUT2D eigenvalue weighted by Crippen LogP contribution is 2.45. The number of thioether (sulfide) groups is 1. The molecule has 2 aromatic heterocycles. The molecule has 1 aliphatic carbocycles. The smallest absolute Gasteiger partial charge is 0.152 e. The molecule has 0 atom stereocenters. The van der Waals surface area contributed by atoms with Crippen LogP contribution >= 0.6 is 23.1 Å². The van der Waals surface area contributed by atoms with Gasteiger partial charge in [-0.2, -0.15) is 0 Å². The van der Waals surface area contributed by atoms with Gasteiger partial charge in [-0.15, -0.1) is 23.1 Å². The maximum absolute atomic E-state index is 11.6. The minimum absolute atomic E-state index is 0.0311. The summed E-state index contributed by atoms with van der Waals surface area (Å²) in [5.41, 5.74) is 11.4. The van der Waals surface area contributed by atoms with Gasteiger partial charge >= 0.3 is 0 Å². The molecule has 29 heavy (non-hydrogen) atoms. The highest BCUT2D eigenvalue weighted by Gasteiger charge is 2.20. The summed E-state index contributed by atoms with van der Waals surface area (Å²) in [4.78, 5) is 17.4. The van der Waals surface area contributed by atoms with Gasteiger partial charge in [0, 0.05) is 5.39 Å². The number of aromatic nitrogens is 1. The Labute approximate surface area is 180 Å². The van der Waals surface area contributed by atoms with Crippen LogP contribution in [0, 0.1) is 5.92 Å². The number of nitrogens with zero attached hydrogens (tertiary/aromatic N) is 1. The Hall–Kier alpha value is -2.11. The molecule has 1 aromatic carbocycles. The molecular formula is C24H26N2OS2. The number of rotatable bonds is 7. The maximum atomic E-state index is 11.6. The Balaban J connectivity index is 1.77. The maximum Gasteiger partial charge on any atom is 0.152 e. The van der Waals surface area contributed by atoms with E-state index in [0.29, 0.717) is 0 Å². The van der Waals surface area contributed by atoms with E-state index in [4.69, 9.17) is 10.7 Å². The molecule has 3 aromatic rings. The monoisotopic (exact) mass is 422 g/mol. The number of nitrogens with two attached hydrogens (primary N) is 1. The number of benzene rings is 1. The van der Waals surface area contributed by atoms with E-state index in [2.05, 4.69) is 18.2 Å². The molecule has 4 rings (SSSR count). The van der Waals surface area contributed by atoms with Gasteiger partial charge in [0.1, 0.15) is 4.83 Å². The second-order valence-corrected chi connectivity index (χ2v) is 10.1. The van der Waals surface area contributed by atoms with Crippen LogP contribution < -0.4 is 5.73 Å². The first-order valence-electron chi connectivity index (χ1n) is 10.1. The first-order chi connectivity index (χ1) is 14.0. The second-order valence-electron chi connectivity index (χ2n) is 7.78. The zero-order chi connectivity index (χ0) is 20.4. The molecule has 150 valence electrons. The van der Waals surface area contributed by atoms with Gasteiger partial charge in [0.2, 0.25) is 0 Å². The lowest BCUT2D eigenvalue weighted by Gasteiger charge is -2.24. The van der Waals surface area contributed by atoms with Crippen molar-refractivity contribution >= 4 is 50.4 Å². The van der Waals surface area contributed by atoms with Gasteiger partial charge in [0.15, 0.2) is 5.78 Å². The summed E-state index contributed by atoms with van der Waals surface area (Å²) >= 11 is 3.54. The Bertz CT molecular complexity index is 1070. The van der Waals surface area contributed by atoms with Gasteiger partial charge in [-0.05, 0) is 60.8 Å². The summed E-state index contributed by atoms with van der Waals surface area (Å²) in [5.74, 6) is 2.05. The average Bonchev–Trinajstić information content (AvgIpc) is 2.99. The Morgan fingerprint density at radius 1 is 1.28 bits per heavy atom. The van der Waals surface area contributed by atoms with Gasteiger partial charge in [-0.25, -0.2) is 4.98 Å². The Morgan fingerprint density at radius 3 is 2.69 bits per heavy atom. The molecule has 5 heteroatoms. The van der Waals surface area contributed by atoms with Crippen LogP contribution in [0.1, 0.15) is 45.2 Å². The number of ketones is 1. The number of hydrogen-bond donors (Lipinski definition) is 1. The lowest BCUT2D eigenvalue weighted by atomic mass is 9.84. The van der Waals surface area contributed by atoms with E-state index in [1.54, 1.807) is 24.3 Å². The van der Waals surface area contributed by atoms with Crippen LogP contribution in [0.2, 0.25) is 0 Å². The molecule has 0 bridgehead atoms. The molecule has 1 fully saturated rings. The van der Waals surface area contributed by atoms with E-state index < -0.39 is 0 Å². The van der Waals surface area contributed by atoms with Gasteiger partial charge in [-0.3, -0.25) is 4.79 Å². The first kappa shape index (κ1) is 20.2. The summed E-state index contributed by atoms with van der Waals surface area (Å²) in [6.45, 7) is 3.51. The fourth-order valence-electron chi connectivity index (χ4n) is 3.73. The van der Waals surface area contributed by atoms with Crippen molar-refractivity contribution < 1.29 is 4.79 Å². The van der Waals surface area contributed by atoms with Gasteiger partial charge in [0.25, 0.3) is 0 Å². The van der Waals surface area contributed by atoms with Crippen molar-refractivity contribution in [3.8, 4) is 11.1 Å². The normalized spacial score (nSPS) is 14.9.